The van der Waals surface area contributed by atoms with Crippen LogP contribution in [0.4, 0.5) is 0 Å². The molecule has 1 aliphatic heterocycles. The van der Waals surface area contributed by atoms with E-state index in [-0.39, 0.29) is 17.8 Å². The first-order valence-corrected chi connectivity index (χ1v) is 8.05. The average Bonchev–Trinajstić information content (AvgIpc) is 2.90. The van der Waals surface area contributed by atoms with Gasteiger partial charge in [0, 0.05) is 18.5 Å². The molecule has 1 fully saturated rings. The van der Waals surface area contributed by atoms with Gasteiger partial charge in [0.05, 0.1) is 18.1 Å². The summed E-state index contributed by atoms with van der Waals surface area (Å²) in [4.78, 5) is 26.6. The van der Waals surface area contributed by atoms with Gasteiger partial charge in [-0.15, -0.1) is 0 Å². The van der Waals surface area contributed by atoms with Gasteiger partial charge < -0.3 is 14.1 Å². The molecule has 1 aliphatic rings. The molecule has 2 heterocycles. The van der Waals surface area contributed by atoms with Gasteiger partial charge in [0.15, 0.2) is 0 Å². The van der Waals surface area contributed by atoms with Crippen LogP contribution in [0.15, 0.2) is 28.7 Å². The summed E-state index contributed by atoms with van der Waals surface area (Å²) >= 11 is 0. The van der Waals surface area contributed by atoms with Crippen molar-refractivity contribution in [3.8, 4) is 0 Å². The highest BCUT2D eigenvalue weighted by Crippen LogP contribution is 2.28. The molecule has 0 saturated carbocycles. The van der Waals surface area contributed by atoms with Gasteiger partial charge in [-0.1, -0.05) is 18.2 Å². The number of esters is 1. The minimum absolute atomic E-state index is 0.0681. The van der Waals surface area contributed by atoms with E-state index in [4.69, 9.17) is 9.15 Å². The summed E-state index contributed by atoms with van der Waals surface area (Å²) in [6.45, 7) is 5.05. The zero-order valence-corrected chi connectivity index (χ0v) is 13.5. The maximum atomic E-state index is 12.9. The highest BCUT2D eigenvalue weighted by Gasteiger charge is 2.31. The van der Waals surface area contributed by atoms with E-state index in [0.717, 1.165) is 18.2 Å². The molecule has 0 aliphatic carbocycles. The Labute approximate surface area is 135 Å². The summed E-state index contributed by atoms with van der Waals surface area (Å²) in [6.07, 6.45) is 1.58. The van der Waals surface area contributed by atoms with E-state index < -0.39 is 0 Å². The van der Waals surface area contributed by atoms with Crippen LogP contribution in [0.2, 0.25) is 0 Å². The fourth-order valence-corrected chi connectivity index (χ4v) is 3.21. The highest BCUT2D eigenvalue weighted by atomic mass is 16.5. The Kier molecular flexibility index (Phi) is 4.37. The molecule has 1 amide bonds. The van der Waals surface area contributed by atoms with E-state index in [9.17, 15) is 9.59 Å². The molecule has 23 heavy (non-hydrogen) atoms. The summed E-state index contributed by atoms with van der Waals surface area (Å²) < 4.78 is 10.8. The molecule has 1 aromatic carbocycles. The van der Waals surface area contributed by atoms with Crippen molar-refractivity contribution < 1.29 is 18.7 Å². The second kappa shape index (κ2) is 6.44. The second-order valence-corrected chi connectivity index (χ2v) is 5.87. The van der Waals surface area contributed by atoms with Crippen LogP contribution in [0.1, 0.15) is 35.9 Å². The molecule has 1 unspecified atom stereocenters. The first kappa shape index (κ1) is 15.6. The van der Waals surface area contributed by atoms with Crippen molar-refractivity contribution in [2.75, 3.05) is 19.7 Å². The van der Waals surface area contributed by atoms with E-state index in [1.54, 1.807) is 18.7 Å². The number of ether oxygens (including phenoxy) is 1. The van der Waals surface area contributed by atoms with Crippen molar-refractivity contribution in [1.29, 1.82) is 0 Å². The first-order valence-electron chi connectivity index (χ1n) is 8.05. The van der Waals surface area contributed by atoms with Crippen molar-refractivity contribution in [2.45, 2.75) is 26.7 Å². The van der Waals surface area contributed by atoms with Crippen molar-refractivity contribution in [3.05, 3.63) is 35.6 Å². The number of benzene rings is 1. The number of aryl methyl sites for hydroxylation is 1. The number of carbonyl (C=O) groups excluding carboxylic acids is 2. The fraction of sp³-hybridized carbons (Fsp3) is 0.444. The van der Waals surface area contributed by atoms with Crippen LogP contribution in [-0.4, -0.2) is 36.5 Å². The van der Waals surface area contributed by atoms with Crippen molar-refractivity contribution >= 4 is 22.8 Å². The smallest absolute Gasteiger partial charge is 0.310 e. The number of nitrogens with zero attached hydrogens (tertiary/aromatic N) is 1. The standard InChI is InChI=1S/C18H21NO4/c1-3-22-18(21)13-7-6-10-19(11-13)17(20)16-12(2)23-15-9-5-4-8-14(15)16/h4-5,8-9,13H,3,6-7,10-11H2,1-2H3. The molecule has 3 rings (SSSR count). The number of para-hydroxylation sites is 1. The molecule has 1 atom stereocenters. The normalized spacial score (nSPS) is 18.2. The van der Waals surface area contributed by atoms with Gasteiger partial charge in [-0.25, -0.2) is 0 Å². The van der Waals surface area contributed by atoms with Crippen LogP contribution >= 0.6 is 0 Å². The lowest BCUT2D eigenvalue weighted by molar-refractivity contribution is -0.149. The number of fused-ring (bicyclic) bond motifs is 1. The number of furan rings is 1. The summed E-state index contributed by atoms with van der Waals surface area (Å²) in [7, 11) is 0. The Balaban J connectivity index is 1.84. The van der Waals surface area contributed by atoms with Gasteiger partial charge in [-0.3, -0.25) is 9.59 Å². The van der Waals surface area contributed by atoms with Crippen LogP contribution in [-0.2, 0) is 9.53 Å². The minimum Gasteiger partial charge on any atom is -0.466 e. The molecule has 0 bridgehead atoms. The minimum atomic E-state index is -0.230. The van der Waals surface area contributed by atoms with Crippen molar-refractivity contribution in [2.24, 2.45) is 5.92 Å². The highest BCUT2D eigenvalue weighted by molar-refractivity contribution is 6.07. The third kappa shape index (κ3) is 2.96. The summed E-state index contributed by atoms with van der Waals surface area (Å²) in [5.41, 5.74) is 1.32. The first-order chi connectivity index (χ1) is 11.1. The van der Waals surface area contributed by atoms with Crippen molar-refractivity contribution in [1.82, 2.24) is 4.90 Å². The molecule has 1 aromatic heterocycles. The van der Waals surface area contributed by atoms with Gasteiger partial charge in [0.2, 0.25) is 0 Å². The van der Waals surface area contributed by atoms with Gasteiger partial charge >= 0.3 is 5.97 Å². The third-order valence-electron chi connectivity index (χ3n) is 4.31. The van der Waals surface area contributed by atoms with E-state index >= 15 is 0 Å². The van der Waals surface area contributed by atoms with Crippen LogP contribution in [0.25, 0.3) is 11.0 Å². The maximum absolute atomic E-state index is 12.9. The van der Waals surface area contributed by atoms with Crippen LogP contribution in [0.5, 0.6) is 0 Å². The maximum Gasteiger partial charge on any atom is 0.310 e. The number of hydrogen-bond donors (Lipinski definition) is 0. The van der Waals surface area contributed by atoms with Crippen molar-refractivity contribution in [3.63, 3.8) is 0 Å². The molecule has 0 spiro atoms. The van der Waals surface area contributed by atoms with E-state index in [0.29, 0.717) is 36.6 Å². The third-order valence-corrected chi connectivity index (χ3v) is 4.31. The lowest BCUT2D eigenvalue weighted by Crippen LogP contribution is -2.43. The Morgan fingerprint density at radius 1 is 1.35 bits per heavy atom. The monoisotopic (exact) mass is 315 g/mol. The Morgan fingerprint density at radius 3 is 2.91 bits per heavy atom. The molecule has 1 saturated heterocycles. The Morgan fingerprint density at radius 2 is 2.13 bits per heavy atom. The summed E-state index contributed by atoms with van der Waals surface area (Å²) in [5, 5.41) is 0.827. The number of amides is 1. The quantitative estimate of drug-likeness (QED) is 0.816. The summed E-state index contributed by atoms with van der Waals surface area (Å²) in [6, 6.07) is 7.53. The number of carbonyl (C=O) groups is 2. The molecular weight excluding hydrogens is 294 g/mol. The topological polar surface area (TPSA) is 59.8 Å². The SMILES string of the molecule is CCOC(=O)C1CCCN(C(=O)c2c(C)oc3ccccc23)C1. The molecule has 0 radical (unpaired) electrons. The molecule has 5 nitrogen and oxygen atoms in total. The Hall–Kier alpha value is -2.30. The van der Waals surface area contributed by atoms with E-state index in [1.807, 2.05) is 24.3 Å². The lowest BCUT2D eigenvalue weighted by atomic mass is 9.97. The molecule has 0 N–H and O–H groups in total. The number of piperidine rings is 1. The lowest BCUT2D eigenvalue weighted by Gasteiger charge is -2.31. The van der Waals surface area contributed by atoms with E-state index in [1.165, 1.54) is 0 Å². The predicted molar refractivity (Wildman–Crippen MR) is 86.2 cm³/mol. The van der Waals surface area contributed by atoms with Gasteiger partial charge in [-0.2, -0.15) is 0 Å². The predicted octanol–water partition coefficient (Wildman–Crippen LogP) is 3.16. The summed E-state index contributed by atoms with van der Waals surface area (Å²) in [5.74, 6) is 0.112. The molecular formula is C18H21NO4. The van der Waals surface area contributed by atoms with Crippen LogP contribution < -0.4 is 0 Å². The second-order valence-electron chi connectivity index (χ2n) is 5.87. The zero-order valence-electron chi connectivity index (χ0n) is 13.5. The largest absolute Gasteiger partial charge is 0.466 e. The fourth-order valence-electron chi connectivity index (χ4n) is 3.21. The Bertz CT molecular complexity index is 734. The zero-order chi connectivity index (χ0) is 16.4. The van der Waals surface area contributed by atoms with Crippen LogP contribution in [0.3, 0.4) is 0 Å². The number of likely N-dealkylation sites (tertiary alicyclic amines) is 1. The van der Waals surface area contributed by atoms with Gasteiger partial charge in [0.1, 0.15) is 11.3 Å². The molecule has 2 aromatic rings. The molecule has 122 valence electrons. The van der Waals surface area contributed by atoms with Crippen LogP contribution in [0, 0.1) is 12.8 Å². The number of rotatable bonds is 3. The van der Waals surface area contributed by atoms with E-state index in [2.05, 4.69) is 0 Å². The number of hydrogen-bond acceptors (Lipinski definition) is 4. The average molecular weight is 315 g/mol. The van der Waals surface area contributed by atoms with Gasteiger partial charge in [-0.05, 0) is 32.8 Å². The molecule has 5 heteroatoms. The van der Waals surface area contributed by atoms with Gasteiger partial charge in [0.25, 0.3) is 5.91 Å².